The van der Waals surface area contributed by atoms with Crippen molar-refractivity contribution in [2.45, 2.75) is 52.6 Å². The average molecular weight is 504 g/mol. The van der Waals surface area contributed by atoms with E-state index in [9.17, 15) is 13.2 Å². The summed E-state index contributed by atoms with van der Waals surface area (Å²) >= 11 is 12.2. The van der Waals surface area contributed by atoms with Crippen molar-refractivity contribution in [2.75, 3.05) is 6.61 Å². The van der Waals surface area contributed by atoms with Gasteiger partial charge in [-0.05, 0) is 51.0 Å². The first-order chi connectivity index (χ1) is 14.9. The Kier molecular flexibility index (Phi) is 9.00. The fourth-order valence-corrected chi connectivity index (χ4v) is 3.57. The summed E-state index contributed by atoms with van der Waals surface area (Å²) in [5.41, 5.74) is 0.515. The highest BCUT2D eigenvalue weighted by Gasteiger charge is 2.20. The number of carbonyl (C=O) groups excluding carboxylic acids is 1. The number of unbranched alkanes of at least 4 members (excludes halogenated alkanes) is 1. The normalized spacial score (nSPS) is 12.2. The molecule has 0 bridgehead atoms. The molecule has 176 valence electrons. The number of hydrogen-bond donors (Lipinski definition) is 1. The number of amides is 1. The molecule has 0 spiro atoms. The molecule has 0 saturated carbocycles. The van der Waals surface area contributed by atoms with E-state index in [0.29, 0.717) is 28.2 Å². The van der Waals surface area contributed by atoms with Crippen LogP contribution in [-0.2, 0) is 20.8 Å². The Morgan fingerprint density at radius 1 is 1.25 bits per heavy atom. The Morgan fingerprint density at radius 3 is 2.59 bits per heavy atom. The molecular formula is C21H27Cl2N3O5S. The topological polar surface area (TPSA) is 99.5 Å². The van der Waals surface area contributed by atoms with Crippen molar-refractivity contribution in [3.8, 4) is 5.88 Å². The van der Waals surface area contributed by atoms with Crippen LogP contribution >= 0.6 is 23.2 Å². The third kappa shape index (κ3) is 8.72. The second-order valence-corrected chi connectivity index (χ2v) is 10.3. The SMILES string of the molecule is CCCCOc1cc(C=CS(=O)(=O)OC(=O)NC(C)(C)C)n(Cc2ccc(Cl)cc2Cl)n1. The number of nitrogens with one attached hydrogen (secondary N) is 1. The van der Waals surface area contributed by atoms with Gasteiger partial charge in [-0.25, -0.2) is 4.79 Å². The van der Waals surface area contributed by atoms with Crippen LogP contribution in [0.3, 0.4) is 0 Å². The Bertz CT molecular complexity index is 1080. The van der Waals surface area contributed by atoms with E-state index in [4.69, 9.17) is 27.9 Å². The van der Waals surface area contributed by atoms with E-state index in [2.05, 4.69) is 14.6 Å². The molecule has 0 unspecified atom stereocenters. The molecule has 8 nitrogen and oxygen atoms in total. The molecule has 1 aromatic heterocycles. The van der Waals surface area contributed by atoms with Crippen LogP contribution in [-0.4, -0.2) is 36.4 Å². The molecule has 1 heterocycles. The summed E-state index contributed by atoms with van der Waals surface area (Å²) in [6.45, 7) is 7.88. The van der Waals surface area contributed by atoms with Crippen molar-refractivity contribution in [2.24, 2.45) is 0 Å². The molecule has 32 heavy (non-hydrogen) atoms. The molecule has 0 aliphatic rings. The van der Waals surface area contributed by atoms with Crippen molar-refractivity contribution in [1.82, 2.24) is 15.1 Å². The largest absolute Gasteiger partial charge is 0.477 e. The zero-order chi connectivity index (χ0) is 23.9. The second-order valence-electron chi connectivity index (χ2n) is 8.04. The van der Waals surface area contributed by atoms with Gasteiger partial charge in [0.25, 0.3) is 0 Å². The maximum Gasteiger partial charge on any atom is 0.423 e. The molecule has 0 aliphatic heterocycles. The summed E-state index contributed by atoms with van der Waals surface area (Å²) in [4.78, 5) is 11.8. The lowest BCUT2D eigenvalue weighted by molar-refractivity contribution is 0.193. The van der Waals surface area contributed by atoms with Crippen molar-refractivity contribution in [3.05, 3.63) is 51.0 Å². The van der Waals surface area contributed by atoms with E-state index < -0.39 is 21.8 Å². The minimum Gasteiger partial charge on any atom is -0.477 e. The molecule has 11 heteroatoms. The van der Waals surface area contributed by atoms with Crippen molar-refractivity contribution in [1.29, 1.82) is 0 Å². The van der Waals surface area contributed by atoms with Crippen LogP contribution in [0.5, 0.6) is 5.88 Å². The van der Waals surface area contributed by atoms with Gasteiger partial charge < -0.3 is 14.2 Å². The van der Waals surface area contributed by atoms with Crippen LogP contribution in [0.2, 0.25) is 10.0 Å². The first-order valence-electron chi connectivity index (χ1n) is 9.98. The molecule has 2 rings (SSSR count). The summed E-state index contributed by atoms with van der Waals surface area (Å²) in [6, 6.07) is 6.67. The van der Waals surface area contributed by atoms with Crippen LogP contribution in [0.15, 0.2) is 29.7 Å². The fourth-order valence-electron chi connectivity index (χ4n) is 2.48. The van der Waals surface area contributed by atoms with E-state index >= 15 is 0 Å². The molecule has 0 saturated heterocycles. The summed E-state index contributed by atoms with van der Waals surface area (Å²) < 4.78 is 36.2. The number of halogens is 2. The van der Waals surface area contributed by atoms with Crippen molar-refractivity contribution < 1.29 is 22.1 Å². The minimum absolute atomic E-state index is 0.248. The number of benzene rings is 1. The summed E-state index contributed by atoms with van der Waals surface area (Å²) in [5.74, 6) is 0.340. The first kappa shape index (κ1) is 26.0. The highest BCUT2D eigenvalue weighted by molar-refractivity contribution is 7.90. The van der Waals surface area contributed by atoms with Gasteiger partial charge in [0, 0.05) is 21.7 Å². The number of ether oxygens (including phenoxy) is 1. The average Bonchev–Trinajstić information content (AvgIpc) is 3.02. The Hall–Kier alpha value is -2.23. The highest BCUT2D eigenvalue weighted by atomic mass is 35.5. The number of aromatic nitrogens is 2. The maximum atomic E-state index is 12.2. The van der Waals surface area contributed by atoms with E-state index in [1.54, 1.807) is 45.0 Å². The minimum atomic E-state index is -4.28. The van der Waals surface area contributed by atoms with Gasteiger partial charge in [-0.15, -0.1) is 5.10 Å². The summed E-state index contributed by atoms with van der Waals surface area (Å²) in [7, 11) is -4.28. The zero-order valence-corrected chi connectivity index (χ0v) is 20.7. The van der Waals surface area contributed by atoms with Gasteiger partial charge in [0.05, 0.1) is 24.3 Å². The molecule has 0 atom stereocenters. The van der Waals surface area contributed by atoms with Crippen LogP contribution in [0.1, 0.15) is 51.8 Å². The van der Waals surface area contributed by atoms with Crippen LogP contribution in [0.25, 0.3) is 6.08 Å². The maximum absolute atomic E-state index is 12.2. The number of rotatable bonds is 9. The number of carbonyl (C=O) groups is 1. The molecule has 0 radical (unpaired) electrons. The van der Waals surface area contributed by atoms with Crippen molar-refractivity contribution >= 4 is 45.5 Å². The molecule has 1 aromatic carbocycles. The molecule has 1 N–H and O–H groups in total. The van der Waals surface area contributed by atoms with Gasteiger partial charge in [0.1, 0.15) is 0 Å². The number of nitrogens with zero attached hydrogens (tertiary/aromatic N) is 2. The quantitative estimate of drug-likeness (QED) is 0.370. The predicted molar refractivity (Wildman–Crippen MR) is 126 cm³/mol. The van der Waals surface area contributed by atoms with E-state index in [-0.39, 0.29) is 6.54 Å². The summed E-state index contributed by atoms with van der Waals surface area (Å²) in [5, 5.41) is 8.55. The molecule has 2 aromatic rings. The Labute approximate surface area is 198 Å². The van der Waals surface area contributed by atoms with Gasteiger partial charge in [-0.3, -0.25) is 4.68 Å². The zero-order valence-electron chi connectivity index (χ0n) is 18.4. The van der Waals surface area contributed by atoms with E-state index in [1.165, 1.54) is 10.8 Å². The Morgan fingerprint density at radius 2 is 1.97 bits per heavy atom. The Balaban J connectivity index is 2.26. The molecule has 0 aliphatic carbocycles. The van der Waals surface area contributed by atoms with Crippen LogP contribution < -0.4 is 10.1 Å². The number of hydrogen-bond acceptors (Lipinski definition) is 6. The standard InChI is InChI=1S/C21H27Cl2N3O5S/c1-5-6-10-30-19-13-17(9-11-32(28,29)31-20(27)24-21(2,3)4)26(25-19)14-15-7-8-16(22)12-18(15)23/h7-9,11-13H,5-6,10,14H2,1-4H3,(H,24,27). The predicted octanol–water partition coefficient (Wildman–Crippen LogP) is 5.24. The smallest absolute Gasteiger partial charge is 0.423 e. The van der Waals surface area contributed by atoms with Crippen molar-refractivity contribution in [3.63, 3.8) is 0 Å². The van der Waals surface area contributed by atoms with E-state index in [0.717, 1.165) is 23.8 Å². The van der Waals surface area contributed by atoms with Gasteiger partial charge >= 0.3 is 16.2 Å². The molecule has 1 amide bonds. The van der Waals surface area contributed by atoms with Gasteiger partial charge in [-0.1, -0.05) is 42.6 Å². The van der Waals surface area contributed by atoms with E-state index in [1.807, 2.05) is 6.92 Å². The monoisotopic (exact) mass is 503 g/mol. The molecule has 0 fully saturated rings. The first-order valence-corrected chi connectivity index (χ1v) is 12.2. The summed E-state index contributed by atoms with van der Waals surface area (Å²) in [6.07, 6.45) is 2.03. The van der Waals surface area contributed by atoms with Gasteiger partial charge in [0.15, 0.2) is 0 Å². The molecular weight excluding hydrogens is 477 g/mol. The fraction of sp³-hybridized carbons (Fsp3) is 0.429. The van der Waals surface area contributed by atoms with Crippen LogP contribution in [0, 0.1) is 0 Å². The lowest BCUT2D eigenvalue weighted by Gasteiger charge is -2.19. The lowest BCUT2D eigenvalue weighted by atomic mass is 10.1. The highest BCUT2D eigenvalue weighted by Crippen LogP contribution is 2.24. The van der Waals surface area contributed by atoms with Gasteiger partial charge in [-0.2, -0.15) is 8.42 Å². The van der Waals surface area contributed by atoms with Gasteiger partial charge in [0.2, 0.25) is 5.88 Å². The second kappa shape index (κ2) is 11.1. The lowest BCUT2D eigenvalue weighted by Crippen LogP contribution is -2.41. The third-order valence-corrected chi connectivity index (χ3v) is 5.39. The van der Waals surface area contributed by atoms with Crippen LogP contribution in [0.4, 0.5) is 4.79 Å². The third-order valence-electron chi connectivity index (χ3n) is 3.95.